The van der Waals surface area contributed by atoms with E-state index in [9.17, 15) is 0 Å². The van der Waals surface area contributed by atoms with Gasteiger partial charge in [-0.05, 0) is 73.9 Å². The maximum absolute atomic E-state index is 4.81. The smallest absolute Gasteiger partial charge is 0.229 e. The molecule has 0 unspecified atom stereocenters. The molecule has 6 heteroatoms. The van der Waals surface area contributed by atoms with Crippen LogP contribution in [0.2, 0.25) is 0 Å². The van der Waals surface area contributed by atoms with E-state index in [-0.39, 0.29) is 0 Å². The summed E-state index contributed by atoms with van der Waals surface area (Å²) in [7, 11) is 0. The Hall–Kier alpha value is -4.19. The summed E-state index contributed by atoms with van der Waals surface area (Å²) in [6.07, 6.45) is 1.76. The third-order valence-electron chi connectivity index (χ3n) is 5.64. The standard InChI is InChI=1S/C26H24N6/c1-17-15-21(16-18(2)19(17)3)28-25-27-14-13-24(31-25)32-23-12-8-7-11-22(23)30-26(32)29-20-9-5-4-6-10-20/h4-16H,1-3H3,(H,29,30)(H,27,28,31). The number of imidazole rings is 1. The van der Waals surface area contributed by atoms with Crippen molar-refractivity contribution >= 4 is 34.3 Å². The lowest BCUT2D eigenvalue weighted by atomic mass is 10.0. The SMILES string of the molecule is Cc1cc(Nc2nccc(-n3c(Nc4ccccc4)nc4ccccc43)n2)cc(C)c1C. The summed E-state index contributed by atoms with van der Waals surface area (Å²) in [6.45, 7) is 6.37. The topological polar surface area (TPSA) is 67.7 Å². The van der Waals surface area contributed by atoms with Gasteiger partial charge in [-0.3, -0.25) is 4.57 Å². The highest BCUT2D eigenvalue weighted by molar-refractivity contribution is 5.82. The van der Waals surface area contributed by atoms with Crippen molar-refractivity contribution in [3.63, 3.8) is 0 Å². The van der Waals surface area contributed by atoms with Gasteiger partial charge in [0.05, 0.1) is 11.0 Å². The second-order valence-corrected chi connectivity index (χ2v) is 7.85. The van der Waals surface area contributed by atoms with Crippen molar-refractivity contribution in [3.8, 4) is 5.82 Å². The molecule has 0 saturated carbocycles. The van der Waals surface area contributed by atoms with Crippen molar-refractivity contribution < 1.29 is 0 Å². The number of nitrogens with zero attached hydrogens (tertiary/aromatic N) is 4. The van der Waals surface area contributed by atoms with Gasteiger partial charge in [-0.25, -0.2) is 9.97 Å². The molecule has 0 atom stereocenters. The fraction of sp³-hybridized carbons (Fsp3) is 0.115. The Kier molecular flexibility index (Phi) is 5.03. The molecule has 2 aromatic heterocycles. The molecule has 0 bridgehead atoms. The van der Waals surface area contributed by atoms with Crippen LogP contribution in [0.15, 0.2) is 79.0 Å². The lowest BCUT2D eigenvalue weighted by molar-refractivity contribution is 1.01. The lowest BCUT2D eigenvalue weighted by Crippen LogP contribution is -2.06. The molecule has 0 aliphatic heterocycles. The molecule has 5 rings (SSSR count). The van der Waals surface area contributed by atoms with Crippen LogP contribution >= 0.6 is 0 Å². The van der Waals surface area contributed by atoms with Gasteiger partial charge in [-0.2, -0.15) is 4.98 Å². The summed E-state index contributed by atoms with van der Waals surface area (Å²) >= 11 is 0. The Morgan fingerprint density at radius 2 is 1.44 bits per heavy atom. The van der Waals surface area contributed by atoms with E-state index >= 15 is 0 Å². The van der Waals surface area contributed by atoms with Gasteiger partial charge in [0.25, 0.3) is 0 Å². The minimum atomic E-state index is 0.536. The van der Waals surface area contributed by atoms with Crippen LogP contribution in [-0.2, 0) is 0 Å². The lowest BCUT2D eigenvalue weighted by Gasteiger charge is -2.13. The highest BCUT2D eigenvalue weighted by atomic mass is 15.3. The van der Waals surface area contributed by atoms with Crippen LogP contribution in [0, 0.1) is 20.8 Å². The van der Waals surface area contributed by atoms with Crippen LogP contribution in [0.25, 0.3) is 16.9 Å². The fourth-order valence-electron chi connectivity index (χ4n) is 3.76. The van der Waals surface area contributed by atoms with E-state index in [1.54, 1.807) is 6.20 Å². The van der Waals surface area contributed by atoms with Crippen molar-refractivity contribution in [3.05, 3.63) is 95.7 Å². The van der Waals surface area contributed by atoms with E-state index < -0.39 is 0 Å². The summed E-state index contributed by atoms with van der Waals surface area (Å²) in [5, 5.41) is 6.78. The van der Waals surface area contributed by atoms with Gasteiger partial charge in [-0.15, -0.1) is 0 Å². The van der Waals surface area contributed by atoms with Gasteiger partial charge in [0.2, 0.25) is 11.9 Å². The quantitative estimate of drug-likeness (QED) is 0.353. The van der Waals surface area contributed by atoms with Gasteiger partial charge in [0.15, 0.2) is 0 Å². The molecule has 2 heterocycles. The monoisotopic (exact) mass is 420 g/mol. The predicted octanol–water partition coefficient (Wildman–Crippen LogP) is 6.23. The minimum absolute atomic E-state index is 0.536. The number of aromatic nitrogens is 4. The zero-order valence-corrected chi connectivity index (χ0v) is 18.3. The number of rotatable bonds is 5. The van der Waals surface area contributed by atoms with Gasteiger partial charge in [0, 0.05) is 23.6 Å². The van der Waals surface area contributed by atoms with E-state index in [1.807, 2.05) is 65.2 Å². The third kappa shape index (κ3) is 3.78. The number of nitrogens with one attached hydrogen (secondary N) is 2. The second kappa shape index (κ2) is 8.15. The normalized spacial score (nSPS) is 11.0. The maximum atomic E-state index is 4.81. The Labute approximate surface area is 187 Å². The largest absolute Gasteiger partial charge is 0.325 e. The first-order valence-electron chi connectivity index (χ1n) is 10.6. The molecule has 0 aliphatic rings. The zero-order valence-electron chi connectivity index (χ0n) is 18.3. The van der Waals surface area contributed by atoms with Crippen LogP contribution in [0.5, 0.6) is 0 Å². The van der Waals surface area contributed by atoms with Crippen LogP contribution < -0.4 is 10.6 Å². The molecular formula is C26H24N6. The van der Waals surface area contributed by atoms with Gasteiger partial charge >= 0.3 is 0 Å². The first-order valence-corrected chi connectivity index (χ1v) is 10.6. The molecule has 32 heavy (non-hydrogen) atoms. The fourth-order valence-corrected chi connectivity index (χ4v) is 3.76. The van der Waals surface area contributed by atoms with Gasteiger partial charge in [0.1, 0.15) is 5.82 Å². The van der Waals surface area contributed by atoms with Crippen molar-refractivity contribution in [2.45, 2.75) is 20.8 Å². The number of anilines is 4. The predicted molar refractivity (Wildman–Crippen MR) is 130 cm³/mol. The summed E-state index contributed by atoms with van der Waals surface area (Å²) < 4.78 is 2.01. The number of benzene rings is 3. The molecule has 0 spiro atoms. The van der Waals surface area contributed by atoms with Crippen molar-refractivity contribution in [2.24, 2.45) is 0 Å². The Morgan fingerprint density at radius 3 is 2.22 bits per heavy atom. The van der Waals surface area contributed by atoms with Crippen molar-refractivity contribution in [1.82, 2.24) is 19.5 Å². The molecular weight excluding hydrogens is 396 g/mol. The Bertz CT molecular complexity index is 1380. The van der Waals surface area contributed by atoms with E-state index in [0.717, 1.165) is 28.2 Å². The van der Waals surface area contributed by atoms with E-state index in [1.165, 1.54) is 16.7 Å². The molecule has 5 aromatic rings. The molecule has 6 nitrogen and oxygen atoms in total. The Balaban J connectivity index is 1.56. The molecule has 3 aromatic carbocycles. The van der Waals surface area contributed by atoms with E-state index in [4.69, 9.17) is 9.97 Å². The Morgan fingerprint density at radius 1 is 0.719 bits per heavy atom. The summed E-state index contributed by atoms with van der Waals surface area (Å²) in [6, 6.07) is 24.2. The highest BCUT2D eigenvalue weighted by Crippen LogP contribution is 2.27. The summed E-state index contributed by atoms with van der Waals surface area (Å²) in [5.41, 5.74) is 7.56. The molecule has 0 radical (unpaired) electrons. The van der Waals surface area contributed by atoms with Crippen molar-refractivity contribution in [1.29, 1.82) is 0 Å². The van der Waals surface area contributed by atoms with Crippen LogP contribution in [0.3, 0.4) is 0 Å². The zero-order chi connectivity index (χ0) is 22.1. The summed E-state index contributed by atoms with van der Waals surface area (Å²) in [5.74, 6) is 1.97. The van der Waals surface area contributed by atoms with E-state index in [2.05, 4.69) is 48.5 Å². The van der Waals surface area contributed by atoms with Crippen LogP contribution in [-0.4, -0.2) is 19.5 Å². The number of hydrogen-bond donors (Lipinski definition) is 2. The molecule has 0 fully saturated rings. The molecule has 0 amide bonds. The first kappa shape index (κ1) is 19.8. The van der Waals surface area contributed by atoms with Crippen LogP contribution in [0.4, 0.5) is 23.3 Å². The highest BCUT2D eigenvalue weighted by Gasteiger charge is 2.14. The third-order valence-corrected chi connectivity index (χ3v) is 5.64. The number of fused-ring (bicyclic) bond motifs is 1. The van der Waals surface area contributed by atoms with Gasteiger partial charge < -0.3 is 10.6 Å². The van der Waals surface area contributed by atoms with Crippen molar-refractivity contribution in [2.75, 3.05) is 10.6 Å². The minimum Gasteiger partial charge on any atom is -0.325 e. The molecule has 2 N–H and O–H groups in total. The number of hydrogen-bond acceptors (Lipinski definition) is 5. The van der Waals surface area contributed by atoms with Gasteiger partial charge in [-0.1, -0.05) is 30.3 Å². The number of aryl methyl sites for hydroxylation is 2. The molecule has 158 valence electrons. The average molecular weight is 421 g/mol. The summed E-state index contributed by atoms with van der Waals surface area (Å²) in [4.78, 5) is 14.1. The molecule has 0 saturated heterocycles. The first-order chi connectivity index (χ1) is 15.6. The number of para-hydroxylation sites is 3. The van der Waals surface area contributed by atoms with Crippen LogP contribution in [0.1, 0.15) is 16.7 Å². The second-order valence-electron chi connectivity index (χ2n) is 7.85. The average Bonchev–Trinajstić information content (AvgIpc) is 3.16. The van der Waals surface area contributed by atoms with E-state index in [0.29, 0.717) is 11.9 Å². The maximum Gasteiger partial charge on any atom is 0.229 e. The molecule has 0 aliphatic carbocycles.